The van der Waals surface area contributed by atoms with E-state index in [0.717, 1.165) is 9.47 Å². The molecule has 2 rings (SSSR count). The third kappa shape index (κ3) is 5.12. The number of carboxylic acid groups (broad SMARTS) is 1. The minimum absolute atomic E-state index is 0.106. The zero-order valence-electron chi connectivity index (χ0n) is 16.4. The number of anilines is 1. The van der Waals surface area contributed by atoms with E-state index in [0.29, 0.717) is 9.09 Å². The number of halogens is 1. The maximum absolute atomic E-state index is 12.7. The average Bonchev–Trinajstić information content (AvgIpc) is 2.78. The number of fused-ring (bicyclic) bond motifs is 1. The lowest BCUT2D eigenvalue weighted by molar-refractivity contribution is 0.0430. The molecule has 1 N–H and O–H groups in total. The summed E-state index contributed by atoms with van der Waals surface area (Å²) in [5.74, 6) is 0. The maximum atomic E-state index is 12.7. The number of aromatic nitrogens is 2. The standard InChI is InChI=1S/C18H22IN3O6/c1-17(2,3)27-15(25)21(16(26)28-18(4,5)6)11-7-10-8-12(19)22(14(23)24)13(10)20-9-11/h7-9H,1-6H3,(H,23,24). The Morgan fingerprint density at radius 1 is 1.04 bits per heavy atom. The molecule has 10 heteroatoms. The lowest BCUT2D eigenvalue weighted by Crippen LogP contribution is -2.43. The Morgan fingerprint density at radius 2 is 1.54 bits per heavy atom. The van der Waals surface area contributed by atoms with Crippen LogP contribution in [0.15, 0.2) is 18.3 Å². The Hall–Kier alpha value is -2.37. The molecule has 0 aliphatic carbocycles. The molecule has 0 unspecified atom stereocenters. The molecule has 28 heavy (non-hydrogen) atoms. The van der Waals surface area contributed by atoms with Gasteiger partial charge in [-0.3, -0.25) is 0 Å². The van der Waals surface area contributed by atoms with Crippen LogP contribution in [0.2, 0.25) is 0 Å². The van der Waals surface area contributed by atoms with E-state index in [2.05, 4.69) is 4.98 Å². The van der Waals surface area contributed by atoms with Crippen molar-refractivity contribution in [2.45, 2.75) is 52.7 Å². The topological polar surface area (TPSA) is 111 Å². The quantitative estimate of drug-likeness (QED) is 0.555. The van der Waals surface area contributed by atoms with E-state index in [9.17, 15) is 19.5 Å². The molecule has 0 bridgehead atoms. The van der Waals surface area contributed by atoms with Gasteiger partial charge in [-0.1, -0.05) is 0 Å². The Labute approximate surface area is 175 Å². The maximum Gasteiger partial charge on any atom is 0.424 e. The van der Waals surface area contributed by atoms with Crippen molar-refractivity contribution >= 4 is 57.6 Å². The summed E-state index contributed by atoms with van der Waals surface area (Å²) in [5, 5.41) is 9.77. The van der Waals surface area contributed by atoms with E-state index in [1.807, 2.05) is 22.6 Å². The SMILES string of the molecule is CC(C)(C)OC(=O)N(C(=O)OC(C)(C)C)c1cnc2c(c1)cc(I)n2C(=O)O. The van der Waals surface area contributed by atoms with Crippen molar-refractivity contribution in [2.75, 3.05) is 4.90 Å². The summed E-state index contributed by atoms with van der Waals surface area (Å²) < 4.78 is 12.1. The first-order valence-electron chi connectivity index (χ1n) is 8.36. The van der Waals surface area contributed by atoms with Gasteiger partial charge in [-0.05, 0) is 76.3 Å². The molecule has 0 aliphatic rings. The number of hydrogen-bond donors (Lipinski definition) is 1. The number of imide groups is 1. The molecule has 2 amide bonds. The third-order valence-electron chi connectivity index (χ3n) is 3.18. The molecular formula is C18H22IN3O6. The summed E-state index contributed by atoms with van der Waals surface area (Å²) in [5.41, 5.74) is -1.38. The number of carbonyl (C=O) groups is 3. The summed E-state index contributed by atoms with van der Waals surface area (Å²) in [6.07, 6.45) is -1.80. The van der Waals surface area contributed by atoms with E-state index in [4.69, 9.17) is 9.47 Å². The monoisotopic (exact) mass is 503 g/mol. The number of carbonyl (C=O) groups excluding carboxylic acids is 2. The van der Waals surface area contributed by atoms with E-state index in [1.54, 1.807) is 47.6 Å². The first-order chi connectivity index (χ1) is 12.7. The predicted molar refractivity (Wildman–Crippen MR) is 111 cm³/mol. The van der Waals surface area contributed by atoms with Crippen LogP contribution in [0.25, 0.3) is 11.0 Å². The van der Waals surface area contributed by atoms with E-state index < -0.39 is 29.5 Å². The number of pyridine rings is 1. The van der Waals surface area contributed by atoms with Crippen molar-refractivity contribution in [2.24, 2.45) is 0 Å². The summed E-state index contributed by atoms with van der Waals surface area (Å²) >= 11 is 1.87. The third-order valence-corrected chi connectivity index (χ3v) is 3.98. The Bertz CT molecular complexity index is 911. The lowest BCUT2D eigenvalue weighted by atomic mass is 10.2. The highest BCUT2D eigenvalue weighted by Crippen LogP contribution is 2.27. The molecule has 0 radical (unpaired) electrons. The fraction of sp³-hybridized carbons (Fsp3) is 0.444. The van der Waals surface area contributed by atoms with Crippen LogP contribution in [0.4, 0.5) is 20.1 Å². The van der Waals surface area contributed by atoms with Crippen LogP contribution in [0.1, 0.15) is 41.5 Å². The highest BCUT2D eigenvalue weighted by Gasteiger charge is 2.33. The minimum atomic E-state index is -1.18. The second-order valence-corrected chi connectivity index (χ2v) is 9.09. The molecule has 0 fully saturated rings. The Kier molecular flexibility index (Phi) is 5.93. The molecule has 0 atom stereocenters. The van der Waals surface area contributed by atoms with Crippen molar-refractivity contribution in [1.82, 2.24) is 9.55 Å². The molecule has 152 valence electrons. The molecule has 0 saturated heterocycles. The van der Waals surface area contributed by atoms with E-state index in [1.165, 1.54) is 12.3 Å². The van der Waals surface area contributed by atoms with Crippen LogP contribution in [-0.4, -0.2) is 44.1 Å². The van der Waals surface area contributed by atoms with Crippen molar-refractivity contribution in [1.29, 1.82) is 0 Å². The van der Waals surface area contributed by atoms with Gasteiger partial charge in [-0.25, -0.2) is 23.9 Å². The molecule has 9 nitrogen and oxygen atoms in total. The van der Waals surface area contributed by atoms with Gasteiger partial charge >= 0.3 is 18.3 Å². The van der Waals surface area contributed by atoms with Crippen LogP contribution in [0, 0.1) is 3.70 Å². The minimum Gasteiger partial charge on any atom is -0.464 e. The first kappa shape index (κ1) is 21.9. The zero-order chi connectivity index (χ0) is 21.4. The number of amides is 2. The number of hydrogen-bond acceptors (Lipinski definition) is 6. The molecular weight excluding hydrogens is 481 g/mol. The summed E-state index contributed by atoms with van der Waals surface area (Å²) in [6, 6.07) is 3.07. The molecule has 0 spiro atoms. The molecule has 2 aromatic heterocycles. The van der Waals surface area contributed by atoms with Crippen LogP contribution in [0.5, 0.6) is 0 Å². The van der Waals surface area contributed by atoms with Crippen molar-refractivity contribution in [3.8, 4) is 0 Å². The second-order valence-electron chi connectivity index (χ2n) is 7.99. The van der Waals surface area contributed by atoms with Crippen molar-refractivity contribution in [3.05, 3.63) is 22.0 Å². The number of nitrogens with zero attached hydrogens (tertiary/aromatic N) is 3. The largest absolute Gasteiger partial charge is 0.464 e. The first-order valence-corrected chi connectivity index (χ1v) is 9.44. The smallest absolute Gasteiger partial charge is 0.424 e. The molecule has 0 saturated carbocycles. The van der Waals surface area contributed by atoms with Crippen LogP contribution in [-0.2, 0) is 9.47 Å². The van der Waals surface area contributed by atoms with E-state index >= 15 is 0 Å². The van der Waals surface area contributed by atoms with Gasteiger partial charge in [-0.15, -0.1) is 0 Å². The lowest BCUT2D eigenvalue weighted by Gasteiger charge is -2.28. The van der Waals surface area contributed by atoms with Gasteiger partial charge in [0.15, 0.2) is 5.65 Å². The predicted octanol–water partition coefficient (Wildman–Crippen LogP) is 4.84. The normalized spacial score (nSPS) is 12.0. The van der Waals surface area contributed by atoms with Gasteiger partial charge in [-0.2, -0.15) is 4.90 Å². The van der Waals surface area contributed by atoms with Crippen LogP contribution >= 0.6 is 22.6 Å². The van der Waals surface area contributed by atoms with Gasteiger partial charge in [0.1, 0.15) is 11.2 Å². The fourth-order valence-corrected chi connectivity index (χ4v) is 3.03. The van der Waals surface area contributed by atoms with Gasteiger partial charge < -0.3 is 14.6 Å². The van der Waals surface area contributed by atoms with E-state index in [-0.39, 0.29) is 11.3 Å². The van der Waals surface area contributed by atoms with Crippen LogP contribution < -0.4 is 4.90 Å². The van der Waals surface area contributed by atoms with Gasteiger partial charge in [0.2, 0.25) is 0 Å². The summed E-state index contributed by atoms with van der Waals surface area (Å²) in [6.45, 7) is 10.1. The number of rotatable bonds is 1. The Morgan fingerprint density at radius 3 is 1.96 bits per heavy atom. The summed E-state index contributed by atoms with van der Waals surface area (Å²) in [7, 11) is 0. The summed E-state index contributed by atoms with van der Waals surface area (Å²) in [4.78, 5) is 41.6. The molecule has 0 aliphatic heterocycles. The Balaban J connectivity index is 2.54. The van der Waals surface area contributed by atoms with Crippen molar-refractivity contribution < 1.29 is 29.0 Å². The molecule has 2 aromatic rings. The molecule has 2 heterocycles. The average molecular weight is 503 g/mol. The molecule has 0 aromatic carbocycles. The van der Waals surface area contributed by atoms with Crippen molar-refractivity contribution in [3.63, 3.8) is 0 Å². The van der Waals surface area contributed by atoms with Gasteiger partial charge in [0.05, 0.1) is 15.6 Å². The number of ether oxygens (including phenoxy) is 2. The zero-order valence-corrected chi connectivity index (χ0v) is 18.6. The van der Waals surface area contributed by atoms with Gasteiger partial charge in [0, 0.05) is 5.39 Å². The highest BCUT2D eigenvalue weighted by atomic mass is 127. The van der Waals surface area contributed by atoms with Gasteiger partial charge in [0.25, 0.3) is 0 Å². The van der Waals surface area contributed by atoms with Crippen LogP contribution in [0.3, 0.4) is 0 Å². The highest BCUT2D eigenvalue weighted by molar-refractivity contribution is 14.1. The fourth-order valence-electron chi connectivity index (χ4n) is 2.25. The second kappa shape index (κ2) is 7.57.